The van der Waals surface area contributed by atoms with Crippen molar-refractivity contribution in [3.63, 3.8) is 0 Å². The zero-order valence-corrected chi connectivity index (χ0v) is 15.2. The number of hydrogen-bond acceptors (Lipinski definition) is 7. The molecule has 1 N–H and O–H groups in total. The molecule has 0 spiro atoms. The quantitative estimate of drug-likeness (QED) is 0.638. The van der Waals surface area contributed by atoms with Crippen LogP contribution in [0.25, 0.3) is 11.2 Å². The Kier molecular flexibility index (Phi) is 4.67. The topological polar surface area (TPSA) is 122 Å². The number of imidazole rings is 1. The molecule has 0 atom stereocenters. The van der Waals surface area contributed by atoms with Crippen LogP contribution < -0.4 is 26.0 Å². The molecule has 0 saturated heterocycles. The number of pyridine rings is 1. The number of nitrogens with zero attached hydrogens (tertiary/aromatic N) is 5. The number of aromatic nitrogens is 5. The molecule has 0 unspecified atom stereocenters. The summed E-state index contributed by atoms with van der Waals surface area (Å²) in [7, 11) is 5.77. The highest BCUT2D eigenvalue weighted by Crippen LogP contribution is 2.24. The molecule has 0 aromatic carbocycles. The average Bonchev–Trinajstić information content (AvgIpc) is 3.08. The summed E-state index contributed by atoms with van der Waals surface area (Å²) in [5, 5.41) is 2.67. The summed E-state index contributed by atoms with van der Waals surface area (Å²) in [5.74, 6) is 0.113. The van der Waals surface area contributed by atoms with Crippen LogP contribution in [0, 0.1) is 0 Å². The van der Waals surface area contributed by atoms with Gasteiger partial charge in [0.2, 0.25) is 17.7 Å². The van der Waals surface area contributed by atoms with E-state index in [-0.39, 0.29) is 23.6 Å². The van der Waals surface area contributed by atoms with Gasteiger partial charge in [-0.05, 0) is 6.07 Å². The third-order valence-corrected chi connectivity index (χ3v) is 4.04. The lowest BCUT2D eigenvalue weighted by Crippen LogP contribution is -2.37. The summed E-state index contributed by atoms with van der Waals surface area (Å²) in [5.41, 5.74) is -0.291. The molecule has 3 heterocycles. The van der Waals surface area contributed by atoms with Crippen molar-refractivity contribution >= 4 is 22.8 Å². The lowest BCUT2D eigenvalue weighted by atomic mass is 10.3. The first kappa shape index (κ1) is 18.2. The molecule has 11 heteroatoms. The molecule has 0 radical (unpaired) electrons. The lowest BCUT2D eigenvalue weighted by Gasteiger charge is -2.11. The molecule has 3 aromatic heterocycles. The van der Waals surface area contributed by atoms with Gasteiger partial charge in [0, 0.05) is 20.2 Å². The van der Waals surface area contributed by atoms with Gasteiger partial charge >= 0.3 is 5.69 Å². The molecule has 142 valence electrons. The molecule has 0 bridgehead atoms. The first-order valence-electron chi connectivity index (χ1n) is 7.87. The highest BCUT2D eigenvalue weighted by Gasteiger charge is 2.17. The minimum atomic E-state index is -0.526. The van der Waals surface area contributed by atoms with Gasteiger partial charge in [-0.2, -0.15) is 4.98 Å². The number of aryl methyl sites for hydroxylation is 1. The molecular weight excluding hydrogens is 356 g/mol. The fourth-order valence-corrected chi connectivity index (χ4v) is 2.65. The van der Waals surface area contributed by atoms with E-state index in [1.165, 1.54) is 43.8 Å². The second-order valence-electron chi connectivity index (χ2n) is 5.71. The summed E-state index contributed by atoms with van der Waals surface area (Å²) in [6.45, 7) is -0.181. The number of ether oxygens (including phenoxy) is 2. The number of rotatable bonds is 5. The van der Waals surface area contributed by atoms with Gasteiger partial charge in [-0.3, -0.25) is 18.7 Å². The summed E-state index contributed by atoms with van der Waals surface area (Å²) < 4.78 is 13.8. The van der Waals surface area contributed by atoms with Crippen molar-refractivity contribution in [3.05, 3.63) is 39.3 Å². The van der Waals surface area contributed by atoms with Gasteiger partial charge in [0.1, 0.15) is 12.2 Å². The number of hydrogen-bond donors (Lipinski definition) is 1. The molecule has 3 rings (SSSR count). The molecule has 27 heavy (non-hydrogen) atoms. The fraction of sp³-hybridized carbons (Fsp3) is 0.312. The fourth-order valence-electron chi connectivity index (χ4n) is 2.65. The van der Waals surface area contributed by atoms with Crippen LogP contribution in [0.5, 0.6) is 11.8 Å². The van der Waals surface area contributed by atoms with Crippen molar-refractivity contribution in [2.45, 2.75) is 6.54 Å². The predicted octanol–water partition coefficient (Wildman–Crippen LogP) is -0.515. The summed E-state index contributed by atoms with van der Waals surface area (Å²) in [6, 6.07) is 3.17. The monoisotopic (exact) mass is 374 g/mol. The number of carbonyl (C=O) groups excluding carboxylic acids is 1. The Bertz CT molecular complexity index is 1140. The Morgan fingerprint density at radius 1 is 1.15 bits per heavy atom. The van der Waals surface area contributed by atoms with Crippen LogP contribution in [-0.4, -0.2) is 43.8 Å². The molecule has 0 aliphatic rings. The molecule has 3 aromatic rings. The van der Waals surface area contributed by atoms with Crippen LogP contribution in [0.3, 0.4) is 0 Å². The third-order valence-electron chi connectivity index (χ3n) is 4.04. The molecule has 0 aliphatic heterocycles. The largest absolute Gasteiger partial charge is 0.481 e. The predicted molar refractivity (Wildman–Crippen MR) is 96.2 cm³/mol. The van der Waals surface area contributed by atoms with Crippen molar-refractivity contribution in [1.29, 1.82) is 0 Å². The van der Waals surface area contributed by atoms with Crippen LogP contribution in [0.15, 0.2) is 28.0 Å². The van der Waals surface area contributed by atoms with Crippen LogP contribution in [0.2, 0.25) is 0 Å². The molecule has 1 amide bonds. The van der Waals surface area contributed by atoms with Crippen LogP contribution in [-0.2, 0) is 25.4 Å². The summed E-state index contributed by atoms with van der Waals surface area (Å²) >= 11 is 0. The molecule has 0 fully saturated rings. The highest BCUT2D eigenvalue weighted by molar-refractivity contribution is 5.92. The molecular formula is C16H18N6O5. The van der Waals surface area contributed by atoms with Crippen molar-refractivity contribution in [2.24, 2.45) is 14.1 Å². The number of amides is 1. The SMILES string of the molecule is COc1ccc(NC(=O)Cn2cnc3c2c(=O)n(C)c(=O)n3C)c(OC)n1. The smallest absolute Gasteiger partial charge is 0.332 e. The van der Waals surface area contributed by atoms with Crippen molar-refractivity contribution in [3.8, 4) is 11.8 Å². The van der Waals surface area contributed by atoms with E-state index in [9.17, 15) is 14.4 Å². The van der Waals surface area contributed by atoms with E-state index in [2.05, 4.69) is 15.3 Å². The van der Waals surface area contributed by atoms with Gasteiger partial charge < -0.3 is 19.4 Å². The number of carbonyl (C=O) groups is 1. The maximum absolute atomic E-state index is 12.4. The van der Waals surface area contributed by atoms with E-state index in [1.807, 2.05) is 0 Å². The van der Waals surface area contributed by atoms with Crippen molar-refractivity contribution < 1.29 is 14.3 Å². The Morgan fingerprint density at radius 3 is 2.56 bits per heavy atom. The zero-order valence-electron chi connectivity index (χ0n) is 15.2. The normalized spacial score (nSPS) is 10.8. The van der Waals surface area contributed by atoms with E-state index >= 15 is 0 Å². The third kappa shape index (κ3) is 3.14. The standard InChI is InChI=1S/C16H18N6O5/c1-20-13-12(15(24)21(2)16(20)25)22(8-17-13)7-10(23)18-9-5-6-11(26-3)19-14(9)27-4/h5-6,8H,7H2,1-4H3,(H,18,23). The second kappa shape index (κ2) is 6.94. The van der Waals surface area contributed by atoms with Gasteiger partial charge in [-0.15, -0.1) is 0 Å². The van der Waals surface area contributed by atoms with Gasteiger partial charge in [-0.25, -0.2) is 9.78 Å². The first-order chi connectivity index (χ1) is 12.9. The Labute approximate surface area is 152 Å². The van der Waals surface area contributed by atoms with Crippen LogP contribution in [0.1, 0.15) is 0 Å². The maximum atomic E-state index is 12.4. The average molecular weight is 374 g/mol. The van der Waals surface area contributed by atoms with E-state index in [0.29, 0.717) is 11.6 Å². The summed E-state index contributed by atoms with van der Waals surface area (Å²) in [4.78, 5) is 45.0. The van der Waals surface area contributed by atoms with Gasteiger partial charge in [0.25, 0.3) is 5.56 Å². The molecule has 11 nitrogen and oxygen atoms in total. The van der Waals surface area contributed by atoms with Gasteiger partial charge in [-0.1, -0.05) is 0 Å². The van der Waals surface area contributed by atoms with Gasteiger partial charge in [0.15, 0.2) is 11.2 Å². The Morgan fingerprint density at radius 2 is 1.89 bits per heavy atom. The summed E-state index contributed by atoms with van der Waals surface area (Å²) in [6.07, 6.45) is 1.34. The maximum Gasteiger partial charge on any atom is 0.332 e. The number of anilines is 1. The van der Waals surface area contributed by atoms with E-state index in [4.69, 9.17) is 9.47 Å². The second-order valence-corrected chi connectivity index (χ2v) is 5.71. The van der Waals surface area contributed by atoms with Crippen molar-refractivity contribution in [1.82, 2.24) is 23.7 Å². The highest BCUT2D eigenvalue weighted by atomic mass is 16.5. The number of methoxy groups -OCH3 is 2. The minimum Gasteiger partial charge on any atom is -0.481 e. The Balaban J connectivity index is 1.92. The minimum absolute atomic E-state index is 0.162. The lowest BCUT2D eigenvalue weighted by molar-refractivity contribution is -0.116. The van der Waals surface area contributed by atoms with E-state index in [0.717, 1.165) is 4.57 Å². The Hall–Kier alpha value is -3.63. The molecule has 0 aliphatic carbocycles. The van der Waals surface area contributed by atoms with Crippen LogP contribution >= 0.6 is 0 Å². The number of nitrogens with one attached hydrogen (secondary N) is 1. The first-order valence-corrected chi connectivity index (χ1v) is 7.87. The van der Waals surface area contributed by atoms with E-state index in [1.54, 1.807) is 12.1 Å². The van der Waals surface area contributed by atoms with Gasteiger partial charge in [0.05, 0.1) is 20.5 Å². The van der Waals surface area contributed by atoms with Crippen LogP contribution in [0.4, 0.5) is 5.69 Å². The molecule has 0 saturated carbocycles. The number of fused-ring (bicyclic) bond motifs is 1. The van der Waals surface area contributed by atoms with E-state index < -0.39 is 17.2 Å². The van der Waals surface area contributed by atoms with Crippen molar-refractivity contribution in [2.75, 3.05) is 19.5 Å². The zero-order chi connectivity index (χ0) is 19.7.